The Bertz CT molecular complexity index is 522. The lowest BCUT2D eigenvalue weighted by Crippen LogP contribution is -2.03. The molecule has 17 heavy (non-hydrogen) atoms. The summed E-state index contributed by atoms with van der Waals surface area (Å²) in [6.45, 7) is 2.22. The van der Waals surface area contributed by atoms with Crippen LogP contribution >= 0.6 is 0 Å². The van der Waals surface area contributed by atoms with E-state index in [0.29, 0.717) is 17.8 Å². The molecule has 0 spiro atoms. The van der Waals surface area contributed by atoms with Gasteiger partial charge in [0.2, 0.25) is 0 Å². The summed E-state index contributed by atoms with van der Waals surface area (Å²) in [5.74, 6) is 0. The molecule has 0 saturated heterocycles. The average Bonchev–Trinajstić information content (AvgIpc) is 2.78. The lowest BCUT2D eigenvalue weighted by molar-refractivity contribution is -0.384. The molecule has 1 heterocycles. The number of benzene rings is 1. The van der Waals surface area contributed by atoms with Crippen molar-refractivity contribution in [3.8, 4) is 0 Å². The highest BCUT2D eigenvalue weighted by molar-refractivity contribution is 5.65. The molecule has 6 heteroatoms. The normalized spacial score (nSPS) is 10.2. The predicted molar refractivity (Wildman–Crippen MR) is 63.7 cm³/mol. The van der Waals surface area contributed by atoms with Crippen molar-refractivity contribution in [3.05, 3.63) is 51.8 Å². The van der Waals surface area contributed by atoms with Crippen LogP contribution in [0.5, 0.6) is 0 Å². The number of hydrogen-bond donors (Lipinski definition) is 2. The van der Waals surface area contributed by atoms with Crippen LogP contribution in [0.3, 0.4) is 0 Å². The molecule has 88 valence electrons. The second-order valence-electron chi connectivity index (χ2n) is 3.69. The van der Waals surface area contributed by atoms with Crippen LogP contribution in [0.25, 0.3) is 0 Å². The molecule has 2 rings (SSSR count). The van der Waals surface area contributed by atoms with Gasteiger partial charge in [-0.1, -0.05) is 12.1 Å². The summed E-state index contributed by atoms with van der Waals surface area (Å²) in [7, 11) is 0. The molecule has 0 aliphatic heterocycles. The van der Waals surface area contributed by atoms with Gasteiger partial charge in [-0.3, -0.25) is 15.2 Å². The van der Waals surface area contributed by atoms with Gasteiger partial charge in [-0.05, 0) is 13.0 Å². The quantitative estimate of drug-likeness (QED) is 0.625. The summed E-state index contributed by atoms with van der Waals surface area (Å²) in [6, 6.07) is 5.21. The predicted octanol–water partition coefficient (Wildman–Crippen LogP) is 2.24. The number of aromatic amines is 1. The van der Waals surface area contributed by atoms with E-state index in [1.807, 2.05) is 0 Å². The third-order valence-electron chi connectivity index (χ3n) is 2.46. The lowest BCUT2D eigenvalue weighted by Gasteiger charge is -2.07. The summed E-state index contributed by atoms with van der Waals surface area (Å²) >= 11 is 0. The number of hydrogen-bond acceptors (Lipinski definition) is 4. The van der Waals surface area contributed by atoms with Gasteiger partial charge in [0.25, 0.3) is 5.69 Å². The molecule has 0 fully saturated rings. The van der Waals surface area contributed by atoms with Gasteiger partial charge in [-0.2, -0.15) is 5.10 Å². The van der Waals surface area contributed by atoms with Crippen molar-refractivity contribution in [2.45, 2.75) is 13.5 Å². The Morgan fingerprint density at radius 1 is 1.53 bits per heavy atom. The fourth-order valence-electron chi connectivity index (χ4n) is 1.62. The summed E-state index contributed by atoms with van der Waals surface area (Å²) in [5.41, 5.74) is 2.24. The summed E-state index contributed by atoms with van der Waals surface area (Å²) < 4.78 is 0. The van der Waals surface area contributed by atoms with Crippen molar-refractivity contribution in [3.63, 3.8) is 0 Å². The second-order valence-corrected chi connectivity index (χ2v) is 3.69. The third kappa shape index (κ3) is 2.41. The fraction of sp³-hybridized carbons (Fsp3) is 0.182. The van der Waals surface area contributed by atoms with Crippen molar-refractivity contribution in [1.29, 1.82) is 0 Å². The zero-order valence-corrected chi connectivity index (χ0v) is 9.30. The van der Waals surface area contributed by atoms with E-state index < -0.39 is 0 Å². The van der Waals surface area contributed by atoms with E-state index in [2.05, 4.69) is 15.5 Å². The molecule has 6 nitrogen and oxygen atoms in total. The lowest BCUT2D eigenvalue weighted by atomic mass is 10.1. The molecule has 0 amide bonds. The Morgan fingerprint density at radius 2 is 2.35 bits per heavy atom. The molecular formula is C11H12N4O2. The molecule has 0 aliphatic rings. The van der Waals surface area contributed by atoms with Gasteiger partial charge >= 0.3 is 0 Å². The molecule has 1 aromatic carbocycles. The van der Waals surface area contributed by atoms with E-state index in [0.717, 1.165) is 5.56 Å². The van der Waals surface area contributed by atoms with Gasteiger partial charge in [0.1, 0.15) is 5.69 Å². The number of rotatable bonds is 4. The third-order valence-corrected chi connectivity index (χ3v) is 2.46. The van der Waals surface area contributed by atoms with Gasteiger partial charge in [0, 0.05) is 23.9 Å². The van der Waals surface area contributed by atoms with Crippen molar-refractivity contribution in [2.75, 3.05) is 5.32 Å². The topological polar surface area (TPSA) is 83.8 Å². The maximum atomic E-state index is 11.0. The van der Waals surface area contributed by atoms with Gasteiger partial charge in [-0.15, -0.1) is 0 Å². The van der Waals surface area contributed by atoms with E-state index >= 15 is 0 Å². The fourth-order valence-corrected chi connectivity index (χ4v) is 1.62. The summed E-state index contributed by atoms with van der Waals surface area (Å²) in [6.07, 6.45) is 3.42. The number of nitro groups is 1. The number of H-pyrrole nitrogens is 1. The molecule has 2 N–H and O–H groups in total. The van der Waals surface area contributed by atoms with E-state index in [9.17, 15) is 10.1 Å². The number of nitrogens with zero attached hydrogens (tertiary/aromatic N) is 2. The first kappa shape index (κ1) is 11.1. The highest BCUT2D eigenvalue weighted by atomic mass is 16.6. The van der Waals surface area contributed by atoms with Crippen LogP contribution in [0.4, 0.5) is 11.4 Å². The molecule has 0 unspecified atom stereocenters. The standard InChI is InChI=1S/C11H12N4O2/c1-8-3-2-4-10(11(8)15(16)17)12-5-9-6-13-14-7-9/h2-4,6-7,12H,5H2,1H3,(H,13,14). The minimum absolute atomic E-state index is 0.121. The first-order chi connectivity index (χ1) is 8.18. The highest BCUT2D eigenvalue weighted by Gasteiger charge is 2.16. The summed E-state index contributed by atoms with van der Waals surface area (Å²) in [4.78, 5) is 10.6. The minimum Gasteiger partial charge on any atom is -0.375 e. The van der Waals surface area contributed by atoms with Gasteiger partial charge in [0.05, 0.1) is 11.1 Å². The van der Waals surface area contributed by atoms with Crippen LogP contribution in [0.1, 0.15) is 11.1 Å². The van der Waals surface area contributed by atoms with Crippen molar-refractivity contribution in [1.82, 2.24) is 10.2 Å². The van der Waals surface area contributed by atoms with Crippen molar-refractivity contribution in [2.24, 2.45) is 0 Å². The van der Waals surface area contributed by atoms with Crippen LogP contribution in [-0.2, 0) is 6.54 Å². The molecule has 2 aromatic rings. The Morgan fingerprint density at radius 3 is 3.00 bits per heavy atom. The molecule has 1 aromatic heterocycles. The smallest absolute Gasteiger partial charge is 0.295 e. The Balaban J connectivity index is 2.21. The largest absolute Gasteiger partial charge is 0.375 e. The van der Waals surface area contributed by atoms with E-state index in [1.54, 1.807) is 37.5 Å². The number of aryl methyl sites for hydroxylation is 1. The van der Waals surface area contributed by atoms with Crippen LogP contribution in [-0.4, -0.2) is 15.1 Å². The number of anilines is 1. The SMILES string of the molecule is Cc1cccc(NCc2cn[nH]c2)c1[N+](=O)[O-]. The minimum atomic E-state index is -0.368. The van der Waals surface area contributed by atoms with Crippen molar-refractivity contribution < 1.29 is 4.92 Å². The van der Waals surface area contributed by atoms with E-state index in [1.165, 1.54) is 0 Å². The molecule has 0 bridgehead atoms. The first-order valence-corrected chi connectivity index (χ1v) is 5.14. The maximum Gasteiger partial charge on any atom is 0.295 e. The van der Waals surface area contributed by atoms with E-state index in [-0.39, 0.29) is 10.6 Å². The van der Waals surface area contributed by atoms with Crippen LogP contribution < -0.4 is 5.32 Å². The monoisotopic (exact) mass is 232 g/mol. The molecule has 0 aliphatic carbocycles. The van der Waals surface area contributed by atoms with E-state index in [4.69, 9.17) is 0 Å². The van der Waals surface area contributed by atoms with Crippen molar-refractivity contribution >= 4 is 11.4 Å². The average molecular weight is 232 g/mol. The highest BCUT2D eigenvalue weighted by Crippen LogP contribution is 2.28. The zero-order valence-electron chi connectivity index (χ0n) is 9.30. The Kier molecular flexibility index (Phi) is 3.04. The molecule has 0 atom stereocenters. The summed E-state index contributed by atoms with van der Waals surface area (Å²) in [5, 5.41) is 20.5. The number of nitro benzene ring substituents is 1. The van der Waals surface area contributed by atoms with Gasteiger partial charge in [0.15, 0.2) is 0 Å². The Hall–Kier alpha value is -2.37. The second kappa shape index (κ2) is 4.65. The molecule has 0 radical (unpaired) electrons. The number of para-hydroxylation sites is 1. The number of nitrogens with one attached hydrogen (secondary N) is 2. The van der Waals surface area contributed by atoms with Gasteiger partial charge < -0.3 is 5.32 Å². The number of aromatic nitrogens is 2. The maximum absolute atomic E-state index is 11.0. The van der Waals surface area contributed by atoms with Gasteiger partial charge in [-0.25, -0.2) is 0 Å². The molecule has 0 saturated carbocycles. The first-order valence-electron chi connectivity index (χ1n) is 5.14. The van der Waals surface area contributed by atoms with Crippen LogP contribution in [0.2, 0.25) is 0 Å². The van der Waals surface area contributed by atoms with Crippen LogP contribution in [0.15, 0.2) is 30.6 Å². The Labute approximate surface area is 97.8 Å². The molecular weight excluding hydrogens is 220 g/mol. The zero-order chi connectivity index (χ0) is 12.3. The van der Waals surface area contributed by atoms with Crippen LogP contribution in [0, 0.1) is 17.0 Å².